The van der Waals surface area contributed by atoms with Crippen molar-refractivity contribution in [3.05, 3.63) is 40.4 Å². The molecule has 1 aliphatic rings. The maximum Gasteiger partial charge on any atom is 0.258 e. The molecule has 1 atom stereocenters. The minimum Gasteiger partial charge on any atom is -0.342 e. The van der Waals surface area contributed by atoms with Crippen LogP contribution in [0.5, 0.6) is 0 Å². The number of benzene rings is 1. The molecule has 23 heavy (non-hydrogen) atoms. The van der Waals surface area contributed by atoms with Crippen LogP contribution in [-0.4, -0.2) is 33.9 Å². The molecule has 1 aliphatic heterocycles. The number of rotatable bonds is 4. The van der Waals surface area contributed by atoms with Crippen molar-refractivity contribution >= 4 is 16.8 Å². The molecule has 1 N–H and O–H groups in total. The van der Waals surface area contributed by atoms with Crippen LogP contribution in [0.1, 0.15) is 38.4 Å². The van der Waals surface area contributed by atoms with Gasteiger partial charge in [0.05, 0.1) is 10.9 Å². The largest absolute Gasteiger partial charge is 0.342 e. The number of nitrogens with zero attached hydrogens (tertiary/aromatic N) is 2. The number of amides is 1. The van der Waals surface area contributed by atoms with Crippen LogP contribution in [0.2, 0.25) is 0 Å². The van der Waals surface area contributed by atoms with E-state index in [2.05, 4.69) is 16.9 Å². The van der Waals surface area contributed by atoms with Gasteiger partial charge in [-0.15, -0.1) is 0 Å². The van der Waals surface area contributed by atoms with Crippen LogP contribution in [0.15, 0.2) is 29.1 Å². The van der Waals surface area contributed by atoms with Crippen LogP contribution in [0, 0.1) is 5.92 Å². The Morgan fingerprint density at radius 1 is 1.39 bits per heavy atom. The highest BCUT2D eigenvalue weighted by Crippen LogP contribution is 2.20. The molecule has 0 radical (unpaired) electrons. The summed E-state index contributed by atoms with van der Waals surface area (Å²) in [6, 6.07) is 7.27. The third-order valence-electron chi connectivity index (χ3n) is 4.69. The molecule has 3 rings (SSSR count). The van der Waals surface area contributed by atoms with Gasteiger partial charge < -0.3 is 9.88 Å². The highest BCUT2D eigenvalue weighted by molar-refractivity contribution is 5.78. The number of aryl methyl sites for hydroxylation is 1. The summed E-state index contributed by atoms with van der Waals surface area (Å²) in [4.78, 5) is 33.6. The quantitative estimate of drug-likeness (QED) is 0.943. The number of hydrogen-bond acceptors (Lipinski definition) is 3. The number of carbonyl (C=O) groups is 1. The predicted octanol–water partition coefficient (Wildman–Crippen LogP) is 2.50. The maximum atomic E-state index is 12.4. The van der Waals surface area contributed by atoms with Crippen molar-refractivity contribution < 1.29 is 4.79 Å². The van der Waals surface area contributed by atoms with Crippen molar-refractivity contribution in [3.63, 3.8) is 0 Å². The molecule has 0 saturated carbocycles. The first-order chi connectivity index (χ1) is 11.2. The van der Waals surface area contributed by atoms with Crippen molar-refractivity contribution in [1.29, 1.82) is 0 Å². The lowest BCUT2D eigenvalue weighted by molar-refractivity contribution is -0.133. The van der Waals surface area contributed by atoms with Crippen LogP contribution in [0.3, 0.4) is 0 Å². The Kier molecular flexibility index (Phi) is 4.74. The van der Waals surface area contributed by atoms with E-state index in [0.717, 1.165) is 25.9 Å². The number of aromatic amines is 1. The number of likely N-dealkylation sites (tertiary alicyclic amines) is 1. The molecule has 1 saturated heterocycles. The topological polar surface area (TPSA) is 66.1 Å². The molecule has 1 unspecified atom stereocenters. The Hall–Kier alpha value is -2.17. The second-order valence-electron chi connectivity index (χ2n) is 6.29. The molecule has 5 nitrogen and oxygen atoms in total. The highest BCUT2D eigenvalue weighted by atomic mass is 16.2. The fraction of sp³-hybridized carbons (Fsp3) is 0.500. The van der Waals surface area contributed by atoms with E-state index in [4.69, 9.17) is 0 Å². The number of piperidine rings is 1. The van der Waals surface area contributed by atoms with Gasteiger partial charge >= 0.3 is 0 Å². The molecular formula is C18H23N3O2. The molecule has 0 spiro atoms. The molecule has 122 valence electrons. The Labute approximate surface area is 135 Å². The standard InChI is InChI=1S/C18H23N3O2/c1-2-13-6-5-11-21(12-13)17(22)10-9-16-19-15-8-4-3-7-14(15)18(23)20-16/h3-4,7-8,13H,2,5-6,9-12H2,1H3,(H,19,20,23). The smallest absolute Gasteiger partial charge is 0.258 e. The zero-order valence-electron chi connectivity index (χ0n) is 13.5. The molecule has 1 fully saturated rings. The number of H-pyrrole nitrogens is 1. The van der Waals surface area contributed by atoms with Crippen molar-refractivity contribution in [2.75, 3.05) is 13.1 Å². The van der Waals surface area contributed by atoms with E-state index < -0.39 is 0 Å². The first kappa shape index (κ1) is 15.7. The van der Waals surface area contributed by atoms with E-state index >= 15 is 0 Å². The summed E-state index contributed by atoms with van der Waals surface area (Å²) >= 11 is 0. The van der Waals surface area contributed by atoms with Crippen molar-refractivity contribution in [2.24, 2.45) is 5.92 Å². The van der Waals surface area contributed by atoms with E-state index in [0.29, 0.717) is 35.5 Å². The van der Waals surface area contributed by atoms with Gasteiger partial charge in [0.15, 0.2) is 0 Å². The summed E-state index contributed by atoms with van der Waals surface area (Å²) in [6.45, 7) is 3.91. The van der Waals surface area contributed by atoms with Gasteiger partial charge in [-0.25, -0.2) is 4.98 Å². The van der Waals surface area contributed by atoms with E-state index in [1.54, 1.807) is 6.07 Å². The Bertz CT molecular complexity index is 753. The predicted molar refractivity (Wildman–Crippen MR) is 90.3 cm³/mol. The number of para-hydroxylation sites is 1. The molecule has 1 amide bonds. The fourth-order valence-corrected chi connectivity index (χ4v) is 3.26. The van der Waals surface area contributed by atoms with Gasteiger partial charge in [-0.1, -0.05) is 25.5 Å². The van der Waals surface area contributed by atoms with E-state index in [1.165, 1.54) is 6.42 Å². The number of carbonyl (C=O) groups excluding carboxylic acids is 1. The van der Waals surface area contributed by atoms with Crippen LogP contribution < -0.4 is 5.56 Å². The van der Waals surface area contributed by atoms with Gasteiger partial charge in [-0.2, -0.15) is 0 Å². The van der Waals surface area contributed by atoms with Crippen molar-refractivity contribution in [3.8, 4) is 0 Å². The van der Waals surface area contributed by atoms with Crippen LogP contribution in [-0.2, 0) is 11.2 Å². The minimum atomic E-state index is -0.137. The molecule has 0 aliphatic carbocycles. The second-order valence-corrected chi connectivity index (χ2v) is 6.29. The van der Waals surface area contributed by atoms with E-state index in [9.17, 15) is 9.59 Å². The molecule has 0 bridgehead atoms. The lowest BCUT2D eigenvalue weighted by atomic mass is 9.95. The normalized spacial score (nSPS) is 18.3. The molecule has 2 heterocycles. The van der Waals surface area contributed by atoms with Gasteiger partial charge in [0.1, 0.15) is 5.82 Å². The van der Waals surface area contributed by atoms with E-state index in [-0.39, 0.29) is 11.5 Å². The Morgan fingerprint density at radius 3 is 3.04 bits per heavy atom. The second kappa shape index (κ2) is 6.94. The number of fused-ring (bicyclic) bond motifs is 1. The first-order valence-electron chi connectivity index (χ1n) is 8.43. The first-order valence-corrected chi connectivity index (χ1v) is 8.43. The number of nitrogens with one attached hydrogen (secondary N) is 1. The minimum absolute atomic E-state index is 0.137. The average Bonchev–Trinajstić information content (AvgIpc) is 2.60. The van der Waals surface area contributed by atoms with Crippen LogP contribution >= 0.6 is 0 Å². The van der Waals surface area contributed by atoms with E-state index in [1.807, 2.05) is 23.1 Å². The summed E-state index contributed by atoms with van der Waals surface area (Å²) in [5.41, 5.74) is 0.546. The molecule has 5 heteroatoms. The SMILES string of the molecule is CCC1CCCN(C(=O)CCc2nc3ccccc3c(=O)[nH]2)C1. The number of aromatic nitrogens is 2. The van der Waals surface area contributed by atoms with Gasteiger partial charge in [-0.3, -0.25) is 9.59 Å². The summed E-state index contributed by atoms with van der Waals surface area (Å²) in [6.07, 6.45) is 4.32. The Morgan fingerprint density at radius 2 is 2.22 bits per heavy atom. The zero-order valence-corrected chi connectivity index (χ0v) is 13.5. The van der Waals surface area contributed by atoms with Crippen molar-refractivity contribution in [1.82, 2.24) is 14.9 Å². The molecule has 2 aromatic rings. The molecular weight excluding hydrogens is 290 g/mol. The molecule has 1 aromatic heterocycles. The maximum absolute atomic E-state index is 12.4. The Balaban J connectivity index is 1.66. The monoisotopic (exact) mass is 313 g/mol. The zero-order chi connectivity index (χ0) is 16.2. The van der Waals surface area contributed by atoms with Crippen molar-refractivity contribution in [2.45, 2.75) is 39.0 Å². The summed E-state index contributed by atoms with van der Waals surface area (Å²) in [5, 5.41) is 0.587. The third kappa shape index (κ3) is 3.60. The van der Waals surface area contributed by atoms with Gasteiger partial charge in [0.25, 0.3) is 5.56 Å². The van der Waals surface area contributed by atoms with Crippen LogP contribution in [0.25, 0.3) is 10.9 Å². The average molecular weight is 313 g/mol. The summed E-state index contributed by atoms with van der Waals surface area (Å²) in [5.74, 6) is 1.39. The fourth-order valence-electron chi connectivity index (χ4n) is 3.26. The molecule has 1 aromatic carbocycles. The van der Waals surface area contributed by atoms with Gasteiger partial charge in [0.2, 0.25) is 5.91 Å². The lowest BCUT2D eigenvalue weighted by Gasteiger charge is -2.32. The number of hydrogen-bond donors (Lipinski definition) is 1. The summed E-state index contributed by atoms with van der Waals surface area (Å²) < 4.78 is 0. The van der Waals surface area contributed by atoms with Crippen LogP contribution in [0.4, 0.5) is 0 Å². The van der Waals surface area contributed by atoms with Gasteiger partial charge in [-0.05, 0) is 30.9 Å². The van der Waals surface area contributed by atoms with Gasteiger partial charge in [0, 0.05) is 25.9 Å². The summed E-state index contributed by atoms with van der Waals surface area (Å²) in [7, 11) is 0. The third-order valence-corrected chi connectivity index (χ3v) is 4.69. The highest BCUT2D eigenvalue weighted by Gasteiger charge is 2.22. The lowest BCUT2D eigenvalue weighted by Crippen LogP contribution is -2.39.